The van der Waals surface area contributed by atoms with Crippen molar-refractivity contribution in [3.63, 3.8) is 0 Å². The minimum Gasteiger partial charge on any atom is -0.508 e. The number of phenols is 2. The Morgan fingerprint density at radius 2 is 1.60 bits per heavy atom. The van der Waals surface area contributed by atoms with Gasteiger partial charge in [0.05, 0.1) is 0 Å². The summed E-state index contributed by atoms with van der Waals surface area (Å²) < 4.78 is 0.832. The molecule has 0 aliphatic rings. The SMILES string of the molecule is Cc1c(O)cc(I)cc1O. The van der Waals surface area contributed by atoms with Crippen LogP contribution in [0.15, 0.2) is 12.1 Å². The van der Waals surface area contributed by atoms with Gasteiger partial charge in [-0.05, 0) is 41.6 Å². The predicted molar refractivity (Wildman–Crippen MR) is 47.2 cm³/mol. The van der Waals surface area contributed by atoms with Crippen LogP contribution in [0.1, 0.15) is 5.56 Å². The van der Waals surface area contributed by atoms with Crippen molar-refractivity contribution in [3.05, 3.63) is 21.3 Å². The van der Waals surface area contributed by atoms with Crippen molar-refractivity contribution >= 4 is 22.6 Å². The van der Waals surface area contributed by atoms with Gasteiger partial charge in [0.25, 0.3) is 0 Å². The molecular formula is C7H7IO2. The number of benzene rings is 1. The number of phenolic OH excluding ortho intramolecular Hbond substituents is 2. The fraction of sp³-hybridized carbons (Fsp3) is 0.143. The van der Waals surface area contributed by atoms with Crippen molar-refractivity contribution in [3.8, 4) is 11.5 Å². The van der Waals surface area contributed by atoms with E-state index in [1.54, 1.807) is 19.1 Å². The molecule has 2 nitrogen and oxygen atoms in total. The number of halogens is 1. The predicted octanol–water partition coefficient (Wildman–Crippen LogP) is 2.01. The van der Waals surface area contributed by atoms with E-state index in [9.17, 15) is 0 Å². The average molecular weight is 250 g/mol. The highest BCUT2D eigenvalue weighted by molar-refractivity contribution is 14.1. The van der Waals surface area contributed by atoms with E-state index in [0.717, 1.165) is 3.57 Å². The third kappa shape index (κ3) is 1.34. The molecule has 0 heterocycles. The van der Waals surface area contributed by atoms with Gasteiger partial charge in [0.15, 0.2) is 0 Å². The highest BCUT2D eigenvalue weighted by Crippen LogP contribution is 2.27. The van der Waals surface area contributed by atoms with Crippen LogP contribution in [0.2, 0.25) is 0 Å². The fourth-order valence-electron chi connectivity index (χ4n) is 0.651. The summed E-state index contributed by atoms with van der Waals surface area (Å²) in [5, 5.41) is 18.2. The zero-order valence-corrected chi connectivity index (χ0v) is 7.58. The van der Waals surface area contributed by atoms with Gasteiger partial charge in [-0.1, -0.05) is 0 Å². The van der Waals surface area contributed by atoms with Crippen LogP contribution in [-0.4, -0.2) is 10.2 Å². The Labute approximate surface area is 72.6 Å². The second-order valence-electron chi connectivity index (χ2n) is 2.07. The maximum atomic E-state index is 9.12. The van der Waals surface area contributed by atoms with E-state index in [2.05, 4.69) is 0 Å². The molecule has 3 heteroatoms. The first-order valence-electron chi connectivity index (χ1n) is 2.79. The van der Waals surface area contributed by atoms with E-state index in [-0.39, 0.29) is 11.5 Å². The summed E-state index contributed by atoms with van der Waals surface area (Å²) in [6.07, 6.45) is 0. The van der Waals surface area contributed by atoms with Crippen LogP contribution >= 0.6 is 22.6 Å². The summed E-state index contributed by atoms with van der Waals surface area (Å²) in [5.41, 5.74) is 0.528. The first kappa shape index (κ1) is 7.65. The molecule has 0 aliphatic carbocycles. The van der Waals surface area contributed by atoms with Gasteiger partial charge in [-0.3, -0.25) is 0 Å². The number of aromatic hydroxyl groups is 2. The van der Waals surface area contributed by atoms with Crippen molar-refractivity contribution in [2.75, 3.05) is 0 Å². The van der Waals surface area contributed by atoms with Crippen LogP contribution < -0.4 is 0 Å². The van der Waals surface area contributed by atoms with E-state index in [1.807, 2.05) is 22.6 Å². The molecule has 0 spiro atoms. The molecule has 0 atom stereocenters. The fourth-order valence-corrected chi connectivity index (χ4v) is 1.24. The van der Waals surface area contributed by atoms with E-state index in [4.69, 9.17) is 10.2 Å². The van der Waals surface area contributed by atoms with Crippen molar-refractivity contribution in [2.24, 2.45) is 0 Å². The molecule has 0 unspecified atom stereocenters. The molecule has 0 amide bonds. The third-order valence-corrected chi connectivity index (χ3v) is 1.94. The van der Waals surface area contributed by atoms with Crippen LogP contribution in [0.4, 0.5) is 0 Å². The molecule has 1 rings (SSSR count). The topological polar surface area (TPSA) is 40.5 Å². The Morgan fingerprint density at radius 1 is 1.20 bits per heavy atom. The minimum absolute atomic E-state index is 0.143. The molecule has 0 bridgehead atoms. The highest BCUT2D eigenvalue weighted by Gasteiger charge is 2.01. The standard InChI is InChI=1S/C7H7IO2/c1-4-6(9)2-5(8)3-7(4)10/h2-3,9-10H,1H3. The molecule has 1 aromatic rings. The van der Waals surface area contributed by atoms with E-state index < -0.39 is 0 Å². The third-order valence-electron chi connectivity index (χ3n) is 1.32. The molecule has 54 valence electrons. The Morgan fingerprint density at radius 3 is 2.00 bits per heavy atom. The van der Waals surface area contributed by atoms with Crippen LogP contribution in [0.3, 0.4) is 0 Å². The Balaban J connectivity index is 3.31. The van der Waals surface area contributed by atoms with Crippen molar-refractivity contribution < 1.29 is 10.2 Å². The van der Waals surface area contributed by atoms with E-state index >= 15 is 0 Å². The molecule has 0 fully saturated rings. The normalized spacial score (nSPS) is 9.80. The molecule has 0 saturated carbocycles. The van der Waals surface area contributed by atoms with Crippen molar-refractivity contribution in [1.82, 2.24) is 0 Å². The summed E-state index contributed by atoms with van der Waals surface area (Å²) in [4.78, 5) is 0. The molecule has 0 aromatic heterocycles. The monoisotopic (exact) mass is 250 g/mol. The second-order valence-corrected chi connectivity index (χ2v) is 3.31. The lowest BCUT2D eigenvalue weighted by Crippen LogP contribution is -1.78. The number of rotatable bonds is 0. The molecular weight excluding hydrogens is 243 g/mol. The summed E-state index contributed by atoms with van der Waals surface area (Å²) in [6, 6.07) is 3.21. The van der Waals surface area contributed by atoms with Crippen molar-refractivity contribution in [1.29, 1.82) is 0 Å². The zero-order valence-electron chi connectivity index (χ0n) is 5.43. The van der Waals surface area contributed by atoms with Gasteiger partial charge in [-0.2, -0.15) is 0 Å². The van der Waals surface area contributed by atoms with Gasteiger partial charge in [0.2, 0.25) is 0 Å². The van der Waals surface area contributed by atoms with Crippen LogP contribution in [0.5, 0.6) is 11.5 Å². The Kier molecular flexibility index (Phi) is 2.03. The minimum atomic E-state index is 0.143. The maximum absolute atomic E-state index is 9.12. The zero-order chi connectivity index (χ0) is 7.72. The molecule has 0 radical (unpaired) electrons. The lowest BCUT2D eigenvalue weighted by atomic mass is 10.2. The van der Waals surface area contributed by atoms with Crippen LogP contribution in [0.25, 0.3) is 0 Å². The lowest BCUT2D eigenvalue weighted by Gasteiger charge is -2.01. The van der Waals surface area contributed by atoms with Crippen molar-refractivity contribution in [2.45, 2.75) is 6.92 Å². The molecule has 0 aliphatic heterocycles. The van der Waals surface area contributed by atoms with Crippen LogP contribution in [-0.2, 0) is 0 Å². The summed E-state index contributed by atoms with van der Waals surface area (Å²) >= 11 is 2.03. The first-order chi connectivity index (χ1) is 4.61. The second kappa shape index (κ2) is 2.65. The van der Waals surface area contributed by atoms with Gasteiger partial charge < -0.3 is 10.2 Å². The first-order valence-corrected chi connectivity index (χ1v) is 3.87. The smallest absolute Gasteiger partial charge is 0.123 e. The molecule has 1 aromatic carbocycles. The summed E-state index contributed by atoms with van der Waals surface area (Å²) in [6.45, 7) is 1.67. The van der Waals surface area contributed by atoms with Gasteiger partial charge in [0.1, 0.15) is 11.5 Å². The lowest BCUT2D eigenvalue weighted by molar-refractivity contribution is 0.442. The molecule has 2 N–H and O–H groups in total. The van der Waals surface area contributed by atoms with Gasteiger partial charge in [-0.15, -0.1) is 0 Å². The van der Waals surface area contributed by atoms with E-state index in [0.29, 0.717) is 5.56 Å². The largest absolute Gasteiger partial charge is 0.508 e. The summed E-state index contributed by atoms with van der Waals surface area (Å²) in [5.74, 6) is 0.286. The number of hydrogen-bond acceptors (Lipinski definition) is 2. The molecule has 10 heavy (non-hydrogen) atoms. The highest BCUT2D eigenvalue weighted by atomic mass is 127. The maximum Gasteiger partial charge on any atom is 0.123 e. The average Bonchev–Trinajstić information content (AvgIpc) is 1.82. The molecule has 0 saturated heterocycles. The van der Waals surface area contributed by atoms with Gasteiger partial charge >= 0.3 is 0 Å². The Bertz CT molecular complexity index is 235. The van der Waals surface area contributed by atoms with Gasteiger partial charge in [-0.25, -0.2) is 0 Å². The van der Waals surface area contributed by atoms with E-state index in [1.165, 1.54) is 0 Å². The van der Waals surface area contributed by atoms with Crippen LogP contribution in [0, 0.1) is 10.5 Å². The quantitative estimate of drug-likeness (QED) is 0.691. The van der Waals surface area contributed by atoms with Gasteiger partial charge in [0, 0.05) is 9.13 Å². The number of hydrogen-bond donors (Lipinski definition) is 2. The summed E-state index contributed by atoms with van der Waals surface area (Å²) in [7, 11) is 0. The Hall–Kier alpha value is -0.450.